The zero-order valence-electron chi connectivity index (χ0n) is 11.0. The van der Waals surface area contributed by atoms with Crippen molar-refractivity contribution in [1.29, 1.82) is 5.26 Å². The zero-order valence-corrected chi connectivity index (χ0v) is 11.0. The van der Waals surface area contributed by atoms with Crippen molar-refractivity contribution >= 4 is 16.6 Å². The highest BCUT2D eigenvalue weighted by Crippen LogP contribution is 2.33. The van der Waals surface area contributed by atoms with Crippen LogP contribution in [0.4, 0.5) is 5.69 Å². The summed E-state index contributed by atoms with van der Waals surface area (Å²) in [6.07, 6.45) is 0. The summed E-state index contributed by atoms with van der Waals surface area (Å²) in [5.41, 5.74) is 9.74. The zero-order chi connectivity index (χ0) is 14.3. The molecule has 0 spiro atoms. The molecule has 3 N–H and O–H groups in total. The van der Waals surface area contributed by atoms with E-state index < -0.39 is 0 Å². The van der Waals surface area contributed by atoms with E-state index >= 15 is 0 Å². The molecule has 0 unspecified atom stereocenters. The number of nitrogens with two attached hydrogens (primary N) is 1. The highest BCUT2D eigenvalue weighted by Gasteiger charge is 2.16. The number of aromatic hydroxyl groups is 1. The third kappa shape index (κ3) is 1.69. The lowest BCUT2D eigenvalue weighted by molar-refractivity contribution is 0.475. The van der Waals surface area contributed by atoms with E-state index in [-0.39, 0.29) is 5.75 Å². The molecular weight excluding hydrogens is 250 g/mol. The number of nitrogens with zero attached hydrogens (tertiary/aromatic N) is 2. The molecule has 0 atom stereocenters. The molecule has 0 amide bonds. The van der Waals surface area contributed by atoms with E-state index in [1.165, 1.54) is 0 Å². The predicted octanol–water partition coefficient (Wildman–Crippen LogP) is 3.00. The maximum atomic E-state index is 9.47. The van der Waals surface area contributed by atoms with Gasteiger partial charge in [-0.3, -0.25) is 0 Å². The second-order valence-electron chi connectivity index (χ2n) is 4.72. The largest absolute Gasteiger partial charge is 0.508 e. The summed E-state index contributed by atoms with van der Waals surface area (Å²) in [7, 11) is 1.91. The van der Waals surface area contributed by atoms with Crippen molar-refractivity contribution in [3.63, 3.8) is 0 Å². The number of hydrogen-bond acceptors (Lipinski definition) is 3. The van der Waals surface area contributed by atoms with Gasteiger partial charge in [0, 0.05) is 18.1 Å². The topological polar surface area (TPSA) is 75.0 Å². The minimum atomic E-state index is 0.204. The fourth-order valence-corrected chi connectivity index (χ4v) is 2.52. The number of phenolic OH excluding ortho intramolecular Hbond substituents is 1. The number of phenols is 1. The molecule has 0 saturated heterocycles. The van der Waals surface area contributed by atoms with Gasteiger partial charge in [0.15, 0.2) is 0 Å². The molecule has 2 aromatic carbocycles. The Morgan fingerprint density at radius 1 is 1.15 bits per heavy atom. The molecule has 0 aliphatic rings. The summed E-state index contributed by atoms with van der Waals surface area (Å²) in [5.74, 6) is 0.204. The van der Waals surface area contributed by atoms with Crippen LogP contribution in [0.3, 0.4) is 0 Å². The number of nitrogen functional groups attached to an aromatic ring is 1. The third-order valence-electron chi connectivity index (χ3n) is 3.48. The van der Waals surface area contributed by atoms with Gasteiger partial charge in [0.2, 0.25) is 0 Å². The van der Waals surface area contributed by atoms with Crippen LogP contribution in [-0.4, -0.2) is 9.67 Å². The number of benzene rings is 2. The number of aromatic nitrogens is 1. The molecule has 3 rings (SSSR count). The first-order valence-electron chi connectivity index (χ1n) is 6.19. The second-order valence-corrected chi connectivity index (χ2v) is 4.72. The van der Waals surface area contributed by atoms with Crippen LogP contribution in [0.25, 0.3) is 22.2 Å². The van der Waals surface area contributed by atoms with E-state index in [0.717, 1.165) is 22.2 Å². The molecule has 1 aromatic heterocycles. The van der Waals surface area contributed by atoms with Crippen molar-refractivity contribution < 1.29 is 5.11 Å². The van der Waals surface area contributed by atoms with Crippen LogP contribution in [0.1, 0.15) is 5.56 Å². The van der Waals surface area contributed by atoms with Crippen molar-refractivity contribution in [2.75, 3.05) is 5.73 Å². The maximum Gasteiger partial charge on any atom is 0.115 e. The van der Waals surface area contributed by atoms with Crippen molar-refractivity contribution in [2.45, 2.75) is 0 Å². The van der Waals surface area contributed by atoms with Crippen molar-refractivity contribution in [3.05, 3.63) is 48.0 Å². The summed E-state index contributed by atoms with van der Waals surface area (Å²) in [4.78, 5) is 0. The van der Waals surface area contributed by atoms with Gasteiger partial charge in [-0.25, -0.2) is 0 Å². The molecule has 4 heteroatoms. The summed E-state index contributed by atoms with van der Waals surface area (Å²) in [5, 5.41) is 19.7. The molecule has 20 heavy (non-hydrogen) atoms. The molecule has 1 heterocycles. The first-order chi connectivity index (χ1) is 9.61. The lowest BCUT2D eigenvalue weighted by Gasteiger charge is -2.05. The Morgan fingerprint density at radius 3 is 2.50 bits per heavy atom. The molecule has 0 aliphatic carbocycles. The van der Waals surface area contributed by atoms with Crippen molar-refractivity contribution in [3.8, 4) is 23.1 Å². The summed E-state index contributed by atoms with van der Waals surface area (Å²) >= 11 is 0. The second kappa shape index (κ2) is 4.32. The van der Waals surface area contributed by atoms with E-state index in [1.54, 1.807) is 30.3 Å². The highest BCUT2D eigenvalue weighted by molar-refractivity contribution is 5.95. The Bertz CT molecular complexity index is 839. The monoisotopic (exact) mass is 263 g/mol. The van der Waals surface area contributed by atoms with Gasteiger partial charge >= 0.3 is 0 Å². The van der Waals surface area contributed by atoms with E-state index in [4.69, 9.17) is 5.73 Å². The van der Waals surface area contributed by atoms with Crippen LogP contribution in [0.5, 0.6) is 5.75 Å². The fraction of sp³-hybridized carbons (Fsp3) is 0.0625. The van der Waals surface area contributed by atoms with Gasteiger partial charge in [0.25, 0.3) is 0 Å². The van der Waals surface area contributed by atoms with Crippen molar-refractivity contribution in [1.82, 2.24) is 4.57 Å². The molecule has 4 nitrogen and oxygen atoms in total. The molecule has 0 saturated carbocycles. The lowest BCUT2D eigenvalue weighted by Crippen LogP contribution is -1.93. The minimum absolute atomic E-state index is 0.204. The Balaban J connectivity index is 2.38. The normalized spacial score (nSPS) is 10.6. The average Bonchev–Trinajstić information content (AvgIpc) is 2.72. The molecule has 98 valence electrons. The van der Waals surface area contributed by atoms with Crippen LogP contribution in [0, 0.1) is 11.3 Å². The van der Waals surface area contributed by atoms with Gasteiger partial charge < -0.3 is 15.4 Å². The Hall–Kier alpha value is -2.93. The van der Waals surface area contributed by atoms with E-state index in [0.29, 0.717) is 11.3 Å². The van der Waals surface area contributed by atoms with Crippen LogP contribution in [-0.2, 0) is 7.05 Å². The van der Waals surface area contributed by atoms with Gasteiger partial charge in [0.05, 0.1) is 16.8 Å². The standard InChI is InChI=1S/C16H13N3O/c1-19-15-8-11(18)4-7-13(15)14(9-17)16(19)10-2-5-12(20)6-3-10/h2-8,20H,18H2,1H3. The quantitative estimate of drug-likeness (QED) is 0.663. The summed E-state index contributed by atoms with van der Waals surface area (Å²) in [6, 6.07) is 14.6. The van der Waals surface area contributed by atoms with Gasteiger partial charge in [-0.15, -0.1) is 0 Å². The van der Waals surface area contributed by atoms with Gasteiger partial charge in [-0.05, 0) is 48.0 Å². The number of aryl methyl sites for hydroxylation is 1. The number of rotatable bonds is 1. The minimum Gasteiger partial charge on any atom is -0.508 e. The Labute approximate surface area is 116 Å². The van der Waals surface area contributed by atoms with Gasteiger partial charge in [0.1, 0.15) is 11.8 Å². The summed E-state index contributed by atoms with van der Waals surface area (Å²) < 4.78 is 1.95. The first kappa shape index (κ1) is 12.1. The van der Waals surface area contributed by atoms with Gasteiger partial charge in [-0.2, -0.15) is 5.26 Å². The van der Waals surface area contributed by atoms with Crippen LogP contribution in [0.15, 0.2) is 42.5 Å². The molecule has 0 radical (unpaired) electrons. The Morgan fingerprint density at radius 2 is 1.85 bits per heavy atom. The fourth-order valence-electron chi connectivity index (χ4n) is 2.52. The Kier molecular flexibility index (Phi) is 2.62. The van der Waals surface area contributed by atoms with E-state index in [9.17, 15) is 10.4 Å². The van der Waals surface area contributed by atoms with Gasteiger partial charge in [-0.1, -0.05) is 0 Å². The van der Waals surface area contributed by atoms with E-state index in [1.807, 2.05) is 23.7 Å². The van der Waals surface area contributed by atoms with Crippen molar-refractivity contribution in [2.24, 2.45) is 7.05 Å². The molecule has 3 aromatic rings. The van der Waals surface area contributed by atoms with E-state index in [2.05, 4.69) is 6.07 Å². The first-order valence-corrected chi connectivity index (χ1v) is 6.19. The smallest absolute Gasteiger partial charge is 0.115 e. The SMILES string of the molecule is Cn1c(-c2ccc(O)cc2)c(C#N)c2ccc(N)cc21. The molecule has 0 bridgehead atoms. The summed E-state index contributed by atoms with van der Waals surface area (Å²) in [6.45, 7) is 0. The number of hydrogen-bond donors (Lipinski definition) is 2. The molecule has 0 aliphatic heterocycles. The highest BCUT2D eigenvalue weighted by atomic mass is 16.3. The molecule has 0 fully saturated rings. The number of anilines is 1. The van der Waals surface area contributed by atoms with Crippen LogP contribution in [0.2, 0.25) is 0 Å². The molecular formula is C16H13N3O. The number of fused-ring (bicyclic) bond motifs is 1. The van der Waals surface area contributed by atoms with Crippen LogP contribution >= 0.6 is 0 Å². The van der Waals surface area contributed by atoms with Crippen LogP contribution < -0.4 is 5.73 Å². The number of nitriles is 1. The third-order valence-corrected chi connectivity index (χ3v) is 3.48. The lowest BCUT2D eigenvalue weighted by atomic mass is 10.1. The predicted molar refractivity (Wildman–Crippen MR) is 79.1 cm³/mol. The average molecular weight is 263 g/mol. The maximum absolute atomic E-state index is 9.47.